The van der Waals surface area contributed by atoms with Gasteiger partial charge in [0, 0.05) is 12.4 Å². The molecule has 1 heterocycles. The van der Waals surface area contributed by atoms with Crippen LogP contribution in [0.1, 0.15) is 51.1 Å². The molecule has 0 aliphatic rings. The second-order valence-corrected chi connectivity index (χ2v) is 7.42. The van der Waals surface area contributed by atoms with Crippen molar-refractivity contribution in [1.82, 2.24) is 4.57 Å². The fourth-order valence-electron chi connectivity index (χ4n) is 3.07. The summed E-state index contributed by atoms with van der Waals surface area (Å²) >= 11 is 12.4. The van der Waals surface area contributed by atoms with E-state index in [-0.39, 0.29) is 5.56 Å². The van der Waals surface area contributed by atoms with E-state index in [4.69, 9.17) is 33.7 Å². The van der Waals surface area contributed by atoms with Crippen LogP contribution in [0.2, 0.25) is 10.0 Å². The molecule has 0 aliphatic heterocycles. The van der Waals surface area contributed by atoms with E-state index in [0.29, 0.717) is 22.0 Å². The van der Waals surface area contributed by atoms with Gasteiger partial charge in [-0.1, -0.05) is 49.4 Å². The van der Waals surface area contributed by atoms with E-state index in [1.807, 2.05) is 0 Å². The smallest absolute Gasteiger partial charge is 0.258 e. The Kier molecular flexibility index (Phi) is 8.26. The van der Waals surface area contributed by atoms with Gasteiger partial charge in [0.25, 0.3) is 5.56 Å². The van der Waals surface area contributed by atoms with Crippen LogP contribution in [0.15, 0.2) is 16.9 Å². The van der Waals surface area contributed by atoms with E-state index in [9.17, 15) is 4.79 Å². The lowest BCUT2D eigenvalue weighted by molar-refractivity contribution is 0.306. The molecule has 2 aromatic rings. The first kappa shape index (κ1) is 21.1. The fraction of sp³-hybridized carbons (Fsp3) is 0.550. The Balaban J connectivity index is 2.46. The van der Waals surface area contributed by atoms with Crippen molar-refractivity contribution in [2.45, 2.75) is 51.9 Å². The molecule has 0 saturated heterocycles. The van der Waals surface area contributed by atoms with Gasteiger partial charge in [-0.05, 0) is 44.4 Å². The van der Waals surface area contributed by atoms with Crippen molar-refractivity contribution >= 4 is 34.0 Å². The number of rotatable bonds is 10. The molecule has 0 amide bonds. The summed E-state index contributed by atoms with van der Waals surface area (Å²) in [6.07, 6.45) is 7.00. The van der Waals surface area contributed by atoms with Gasteiger partial charge in [-0.25, -0.2) is 0 Å². The van der Waals surface area contributed by atoms with Gasteiger partial charge in [0.1, 0.15) is 5.75 Å². The van der Waals surface area contributed by atoms with Crippen LogP contribution in [-0.4, -0.2) is 17.7 Å². The molecule has 0 aliphatic carbocycles. The van der Waals surface area contributed by atoms with Gasteiger partial charge in [0.05, 0.1) is 27.7 Å². The van der Waals surface area contributed by atoms with Gasteiger partial charge in [-0.2, -0.15) is 0 Å². The maximum Gasteiger partial charge on any atom is 0.258 e. The number of hydrogen-bond acceptors (Lipinski definition) is 3. The summed E-state index contributed by atoms with van der Waals surface area (Å²) < 4.78 is 7.81. The Morgan fingerprint density at radius 1 is 1.04 bits per heavy atom. The lowest BCUT2D eigenvalue weighted by Crippen LogP contribution is -2.22. The molecule has 6 heteroatoms. The average molecular weight is 399 g/mol. The zero-order valence-electron chi connectivity index (χ0n) is 15.6. The van der Waals surface area contributed by atoms with Gasteiger partial charge in [-0.15, -0.1) is 0 Å². The summed E-state index contributed by atoms with van der Waals surface area (Å²) in [5.74, 6) is 0.757. The number of benzene rings is 1. The lowest BCUT2D eigenvalue weighted by Gasteiger charge is -2.18. The maximum atomic E-state index is 12.8. The summed E-state index contributed by atoms with van der Waals surface area (Å²) in [5, 5.41) is 2.10. The maximum absolute atomic E-state index is 12.8. The first-order valence-corrected chi connectivity index (χ1v) is 10.1. The fourth-order valence-corrected chi connectivity index (χ4v) is 3.40. The highest BCUT2D eigenvalue weighted by Gasteiger charge is 2.17. The Hall–Kier alpha value is -1.23. The molecule has 1 aromatic heterocycles. The van der Waals surface area contributed by atoms with Crippen LogP contribution in [-0.2, 0) is 13.5 Å². The van der Waals surface area contributed by atoms with Gasteiger partial charge >= 0.3 is 0 Å². The normalized spacial score (nSPS) is 11.3. The minimum atomic E-state index is -0.0710. The van der Waals surface area contributed by atoms with Crippen molar-refractivity contribution in [2.24, 2.45) is 12.8 Å². The molecule has 144 valence electrons. The minimum Gasteiger partial charge on any atom is -0.491 e. The van der Waals surface area contributed by atoms with Crippen molar-refractivity contribution in [3.8, 4) is 5.75 Å². The zero-order valence-corrected chi connectivity index (χ0v) is 17.1. The highest BCUT2D eigenvalue weighted by Crippen LogP contribution is 2.34. The number of unbranched alkanes of at least 4 members (excludes halogenated alkanes) is 4. The van der Waals surface area contributed by atoms with E-state index in [2.05, 4.69) is 6.92 Å². The predicted octanol–water partition coefficient (Wildman–Crippen LogP) is 5.09. The molecule has 0 saturated carbocycles. The predicted molar refractivity (Wildman–Crippen MR) is 111 cm³/mol. The van der Waals surface area contributed by atoms with Crippen molar-refractivity contribution in [3.05, 3.63) is 38.2 Å². The molecule has 4 nitrogen and oxygen atoms in total. The van der Waals surface area contributed by atoms with E-state index in [0.717, 1.165) is 68.3 Å². The SMILES string of the molecule is CCCCOc1c(CCCCCCN)n(C)c(=O)c2cc(Cl)c(Cl)cc12. The third-order valence-electron chi connectivity index (χ3n) is 4.62. The zero-order chi connectivity index (χ0) is 19.1. The van der Waals surface area contributed by atoms with Crippen LogP contribution < -0.4 is 16.0 Å². The van der Waals surface area contributed by atoms with Crippen molar-refractivity contribution in [2.75, 3.05) is 13.2 Å². The number of aromatic nitrogens is 1. The van der Waals surface area contributed by atoms with Gasteiger partial charge in [-0.3, -0.25) is 4.79 Å². The largest absolute Gasteiger partial charge is 0.491 e. The van der Waals surface area contributed by atoms with Gasteiger partial charge < -0.3 is 15.0 Å². The molecule has 0 spiro atoms. The third-order valence-corrected chi connectivity index (χ3v) is 5.34. The molecule has 0 atom stereocenters. The Morgan fingerprint density at radius 2 is 1.69 bits per heavy atom. The Labute approximate surface area is 165 Å². The highest BCUT2D eigenvalue weighted by atomic mass is 35.5. The summed E-state index contributed by atoms with van der Waals surface area (Å²) in [6.45, 7) is 3.46. The third kappa shape index (κ3) is 4.93. The number of fused-ring (bicyclic) bond motifs is 1. The first-order chi connectivity index (χ1) is 12.5. The van der Waals surface area contributed by atoms with Crippen LogP contribution in [0, 0.1) is 0 Å². The Morgan fingerprint density at radius 3 is 2.35 bits per heavy atom. The van der Waals surface area contributed by atoms with Crippen LogP contribution in [0.25, 0.3) is 10.8 Å². The molecule has 0 unspecified atom stereocenters. The first-order valence-electron chi connectivity index (χ1n) is 9.34. The molecule has 2 N–H and O–H groups in total. The van der Waals surface area contributed by atoms with Crippen molar-refractivity contribution < 1.29 is 4.74 Å². The summed E-state index contributed by atoms with van der Waals surface area (Å²) in [5.41, 5.74) is 6.41. The van der Waals surface area contributed by atoms with Gasteiger partial charge in [0.15, 0.2) is 0 Å². The van der Waals surface area contributed by atoms with Crippen LogP contribution in [0.3, 0.4) is 0 Å². The standard InChI is InChI=1S/C20H28Cl2N2O2/c1-3-4-11-26-19-14-12-16(21)17(22)13-15(14)20(25)24(2)18(19)9-7-5-6-8-10-23/h12-13H,3-11,23H2,1-2H3. The number of hydrogen-bond donors (Lipinski definition) is 1. The number of pyridine rings is 1. The van der Waals surface area contributed by atoms with Crippen molar-refractivity contribution in [3.63, 3.8) is 0 Å². The molecule has 1 aromatic carbocycles. The number of halogens is 2. The molecular formula is C20H28Cl2N2O2. The molecular weight excluding hydrogens is 371 g/mol. The molecule has 2 rings (SSSR count). The number of nitrogens with zero attached hydrogens (tertiary/aromatic N) is 1. The minimum absolute atomic E-state index is 0.0710. The van der Waals surface area contributed by atoms with Gasteiger partial charge in [0.2, 0.25) is 0 Å². The van der Waals surface area contributed by atoms with Crippen LogP contribution >= 0.6 is 23.2 Å². The number of nitrogens with two attached hydrogens (primary N) is 1. The summed E-state index contributed by atoms with van der Waals surface area (Å²) in [6, 6.07) is 3.39. The number of ether oxygens (including phenoxy) is 1. The second kappa shape index (κ2) is 10.2. The topological polar surface area (TPSA) is 57.2 Å². The van der Waals surface area contributed by atoms with E-state index in [1.165, 1.54) is 0 Å². The molecule has 0 fully saturated rings. The van der Waals surface area contributed by atoms with E-state index < -0.39 is 0 Å². The Bertz CT molecular complexity index is 803. The second-order valence-electron chi connectivity index (χ2n) is 6.61. The lowest BCUT2D eigenvalue weighted by atomic mass is 10.0. The van der Waals surface area contributed by atoms with Crippen LogP contribution in [0.4, 0.5) is 0 Å². The van der Waals surface area contributed by atoms with Crippen LogP contribution in [0.5, 0.6) is 5.75 Å². The quantitative estimate of drug-likeness (QED) is 0.567. The summed E-state index contributed by atoms with van der Waals surface area (Å²) in [4.78, 5) is 12.8. The van der Waals surface area contributed by atoms with E-state index >= 15 is 0 Å². The van der Waals surface area contributed by atoms with Crippen molar-refractivity contribution in [1.29, 1.82) is 0 Å². The molecule has 0 bridgehead atoms. The molecule has 26 heavy (non-hydrogen) atoms. The average Bonchev–Trinajstić information content (AvgIpc) is 2.62. The monoisotopic (exact) mass is 398 g/mol. The highest BCUT2D eigenvalue weighted by molar-refractivity contribution is 6.42. The van der Waals surface area contributed by atoms with E-state index in [1.54, 1.807) is 23.7 Å². The molecule has 0 radical (unpaired) electrons. The summed E-state index contributed by atoms with van der Waals surface area (Å²) in [7, 11) is 1.80.